The van der Waals surface area contributed by atoms with Crippen LogP contribution in [0.5, 0.6) is 5.75 Å². The van der Waals surface area contributed by atoms with Gasteiger partial charge in [-0.25, -0.2) is 0 Å². The van der Waals surface area contributed by atoms with Crippen molar-refractivity contribution in [2.75, 3.05) is 4.90 Å². The van der Waals surface area contributed by atoms with Crippen molar-refractivity contribution < 1.29 is 14.6 Å². The fraction of sp³-hybridized carbons (Fsp3) is 0.324. The zero-order valence-corrected chi connectivity index (χ0v) is 24.8. The highest BCUT2D eigenvalue weighted by Crippen LogP contribution is 2.28. The minimum absolute atomic E-state index is 0.137. The molecule has 0 unspecified atom stereocenters. The van der Waals surface area contributed by atoms with Crippen LogP contribution in [0.4, 0.5) is 5.69 Å². The number of rotatable bonds is 14. The van der Waals surface area contributed by atoms with Gasteiger partial charge in [-0.2, -0.15) is 0 Å². The Balaban J connectivity index is 1.38. The van der Waals surface area contributed by atoms with Crippen LogP contribution < -0.4 is 9.64 Å². The summed E-state index contributed by atoms with van der Waals surface area (Å²) < 4.78 is 5.96. The van der Waals surface area contributed by atoms with E-state index in [1.54, 1.807) is 0 Å². The Bertz CT molecular complexity index is 1370. The zero-order chi connectivity index (χ0) is 29.2. The Morgan fingerprint density at radius 2 is 1.44 bits per heavy atom. The Labute approximate surface area is 245 Å². The number of aryl methyl sites for hydroxylation is 1. The molecule has 0 heterocycles. The number of hydrogen-bond acceptors (Lipinski definition) is 3. The maximum Gasteiger partial charge on any atom is 0.303 e. The number of carbonyl (C=O) groups is 1. The van der Waals surface area contributed by atoms with Gasteiger partial charge >= 0.3 is 5.97 Å². The molecule has 214 valence electrons. The summed E-state index contributed by atoms with van der Waals surface area (Å²) in [4.78, 5) is 13.2. The molecule has 0 saturated heterocycles. The highest BCUT2D eigenvalue weighted by atomic mass is 16.5. The summed E-state index contributed by atoms with van der Waals surface area (Å²) in [5, 5.41) is 8.85. The lowest BCUT2D eigenvalue weighted by Crippen LogP contribution is -2.30. The smallest absolute Gasteiger partial charge is 0.303 e. The molecule has 0 aliphatic rings. The number of anilines is 1. The van der Waals surface area contributed by atoms with Crippen molar-refractivity contribution in [3.8, 4) is 16.9 Å². The molecule has 0 saturated carbocycles. The van der Waals surface area contributed by atoms with Crippen LogP contribution >= 0.6 is 0 Å². The lowest BCUT2D eigenvalue weighted by Gasteiger charge is -2.30. The van der Waals surface area contributed by atoms with E-state index >= 15 is 0 Å². The SMILES string of the molecule is CCC(CC)c1ccc(N(Cc2cccc(-c3ccc(COc4ccc(CCC(=O)O)cc4)cc3)c2)C(C)C)cc1. The minimum Gasteiger partial charge on any atom is -0.489 e. The maximum atomic E-state index is 10.8. The molecule has 0 amide bonds. The summed E-state index contributed by atoms with van der Waals surface area (Å²) in [5.74, 6) is 0.631. The van der Waals surface area contributed by atoms with Crippen LogP contribution in [0.15, 0.2) is 97.1 Å². The molecule has 0 fully saturated rings. The summed E-state index contributed by atoms with van der Waals surface area (Å²) in [6.45, 7) is 10.4. The molecule has 0 aliphatic heterocycles. The van der Waals surface area contributed by atoms with E-state index in [0.717, 1.165) is 23.4 Å². The van der Waals surface area contributed by atoms with Gasteiger partial charge in [-0.15, -0.1) is 0 Å². The summed E-state index contributed by atoms with van der Waals surface area (Å²) in [6, 6.07) is 34.6. The van der Waals surface area contributed by atoms with E-state index in [1.807, 2.05) is 24.3 Å². The van der Waals surface area contributed by atoms with Gasteiger partial charge in [0.15, 0.2) is 0 Å². The second-order valence-electron chi connectivity index (χ2n) is 11.1. The number of ether oxygens (including phenoxy) is 1. The quantitative estimate of drug-likeness (QED) is 0.170. The third-order valence-corrected chi connectivity index (χ3v) is 7.83. The standard InChI is InChI=1S/C37H43NO3/c1-5-31(6-2)32-17-19-35(20-18-32)38(27(3)4)25-30-8-7-9-34(24-30)33-15-10-29(11-16-33)26-41-36-21-12-28(13-22-36)14-23-37(39)40/h7-13,15-22,24,27,31H,5-6,14,23,25-26H2,1-4H3,(H,39,40). The molecule has 0 bridgehead atoms. The topological polar surface area (TPSA) is 49.8 Å². The molecule has 4 rings (SSSR count). The molecule has 4 aromatic carbocycles. The Morgan fingerprint density at radius 1 is 0.780 bits per heavy atom. The van der Waals surface area contributed by atoms with Crippen molar-refractivity contribution in [1.82, 2.24) is 0 Å². The summed E-state index contributed by atoms with van der Waals surface area (Å²) in [6.07, 6.45) is 3.02. The second-order valence-corrected chi connectivity index (χ2v) is 11.1. The molecule has 0 aliphatic carbocycles. The van der Waals surface area contributed by atoms with Gasteiger partial charge in [-0.05, 0) is 103 Å². The Morgan fingerprint density at radius 3 is 2.05 bits per heavy atom. The predicted octanol–water partition coefficient (Wildman–Crippen LogP) is 9.27. The van der Waals surface area contributed by atoms with Gasteiger partial charge in [0.1, 0.15) is 12.4 Å². The van der Waals surface area contributed by atoms with Crippen LogP contribution in [0, 0.1) is 0 Å². The van der Waals surface area contributed by atoms with Crippen LogP contribution in [0.1, 0.15) is 75.1 Å². The molecule has 0 atom stereocenters. The summed E-state index contributed by atoms with van der Waals surface area (Å²) >= 11 is 0. The first-order valence-corrected chi connectivity index (χ1v) is 14.8. The van der Waals surface area contributed by atoms with Crippen molar-refractivity contribution in [3.05, 3.63) is 119 Å². The molecule has 4 heteroatoms. The lowest BCUT2D eigenvalue weighted by molar-refractivity contribution is -0.136. The Hall–Kier alpha value is -4.05. The molecular weight excluding hydrogens is 506 g/mol. The Kier molecular flexibility index (Phi) is 10.6. The van der Waals surface area contributed by atoms with Gasteiger partial charge in [0.2, 0.25) is 0 Å². The second kappa shape index (κ2) is 14.5. The number of nitrogens with zero attached hydrogens (tertiary/aromatic N) is 1. The van der Waals surface area contributed by atoms with Gasteiger partial charge in [0.25, 0.3) is 0 Å². The molecule has 1 N–H and O–H groups in total. The monoisotopic (exact) mass is 549 g/mol. The van der Waals surface area contributed by atoms with E-state index in [2.05, 4.69) is 105 Å². The number of hydrogen-bond donors (Lipinski definition) is 1. The van der Waals surface area contributed by atoms with Crippen LogP contribution in [0.25, 0.3) is 11.1 Å². The van der Waals surface area contributed by atoms with E-state index in [4.69, 9.17) is 9.84 Å². The van der Waals surface area contributed by atoms with Gasteiger partial charge < -0.3 is 14.7 Å². The van der Waals surface area contributed by atoms with E-state index < -0.39 is 5.97 Å². The molecular formula is C37H43NO3. The molecule has 0 radical (unpaired) electrons. The molecule has 4 nitrogen and oxygen atoms in total. The number of carboxylic acid groups (broad SMARTS) is 1. The van der Waals surface area contributed by atoms with Crippen LogP contribution in [0.3, 0.4) is 0 Å². The van der Waals surface area contributed by atoms with E-state index in [1.165, 1.54) is 40.8 Å². The first-order chi connectivity index (χ1) is 19.9. The fourth-order valence-corrected chi connectivity index (χ4v) is 5.28. The van der Waals surface area contributed by atoms with Gasteiger partial charge in [-0.1, -0.05) is 80.6 Å². The predicted molar refractivity (Wildman–Crippen MR) is 170 cm³/mol. The molecule has 41 heavy (non-hydrogen) atoms. The average molecular weight is 550 g/mol. The first kappa shape index (κ1) is 29.9. The van der Waals surface area contributed by atoms with Crippen molar-refractivity contribution >= 4 is 11.7 Å². The average Bonchev–Trinajstić information content (AvgIpc) is 2.99. The van der Waals surface area contributed by atoms with Gasteiger partial charge in [0.05, 0.1) is 0 Å². The van der Waals surface area contributed by atoms with E-state index in [0.29, 0.717) is 25.0 Å². The van der Waals surface area contributed by atoms with Crippen molar-refractivity contribution in [2.45, 2.75) is 78.5 Å². The minimum atomic E-state index is -0.781. The molecule has 4 aromatic rings. The maximum absolute atomic E-state index is 10.8. The third-order valence-electron chi connectivity index (χ3n) is 7.83. The molecule has 0 aromatic heterocycles. The lowest BCUT2D eigenvalue weighted by atomic mass is 9.94. The number of aliphatic carboxylic acids is 1. The van der Waals surface area contributed by atoms with Crippen LogP contribution in [-0.4, -0.2) is 17.1 Å². The number of benzene rings is 4. The molecule has 0 spiro atoms. The van der Waals surface area contributed by atoms with Crippen molar-refractivity contribution in [2.24, 2.45) is 0 Å². The van der Waals surface area contributed by atoms with Crippen molar-refractivity contribution in [3.63, 3.8) is 0 Å². The van der Waals surface area contributed by atoms with Crippen molar-refractivity contribution in [1.29, 1.82) is 0 Å². The first-order valence-electron chi connectivity index (χ1n) is 14.8. The summed E-state index contributed by atoms with van der Waals surface area (Å²) in [5.41, 5.74) is 8.48. The zero-order valence-electron chi connectivity index (χ0n) is 24.8. The van der Waals surface area contributed by atoms with Gasteiger partial charge in [-0.3, -0.25) is 4.79 Å². The largest absolute Gasteiger partial charge is 0.489 e. The van der Waals surface area contributed by atoms with Crippen LogP contribution in [-0.2, 0) is 24.4 Å². The highest BCUT2D eigenvalue weighted by molar-refractivity contribution is 5.67. The fourth-order valence-electron chi connectivity index (χ4n) is 5.28. The van der Waals surface area contributed by atoms with Crippen LogP contribution in [0.2, 0.25) is 0 Å². The highest BCUT2D eigenvalue weighted by Gasteiger charge is 2.14. The number of carboxylic acids is 1. The normalized spacial score (nSPS) is 11.2. The van der Waals surface area contributed by atoms with E-state index in [9.17, 15) is 4.79 Å². The van der Waals surface area contributed by atoms with Gasteiger partial charge in [0, 0.05) is 24.7 Å². The third kappa shape index (κ3) is 8.47. The van der Waals surface area contributed by atoms with E-state index in [-0.39, 0.29) is 6.42 Å². The summed E-state index contributed by atoms with van der Waals surface area (Å²) in [7, 11) is 0.